The highest BCUT2D eigenvalue weighted by Crippen LogP contribution is 2.42. The van der Waals surface area contributed by atoms with Gasteiger partial charge in [-0.1, -0.05) is 60.7 Å². The number of benzene rings is 3. The van der Waals surface area contributed by atoms with E-state index in [0.717, 1.165) is 33.6 Å². The Morgan fingerprint density at radius 2 is 1.43 bits per heavy atom. The van der Waals surface area contributed by atoms with Crippen molar-refractivity contribution in [1.82, 2.24) is 4.90 Å². The molecule has 0 saturated carbocycles. The lowest BCUT2D eigenvalue weighted by atomic mass is 9.76. The lowest BCUT2D eigenvalue weighted by molar-refractivity contribution is 0.122. The van der Waals surface area contributed by atoms with E-state index in [0.29, 0.717) is 0 Å². The highest BCUT2D eigenvalue weighted by Gasteiger charge is 2.37. The molecule has 3 heteroatoms. The van der Waals surface area contributed by atoms with E-state index in [-0.39, 0.29) is 6.04 Å². The van der Waals surface area contributed by atoms with Gasteiger partial charge in [0, 0.05) is 6.04 Å². The van der Waals surface area contributed by atoms with Gasteiger partial charge in [-0.2, -0.15) is 0 Å². The van der Waals surface area contributed by atoms with Crippen LogP contribution in [0.25, 0.3) is 0 Å². The number of ether oxygens (including phenoxy) is 1. The molecule has 1 unspecified atom stereocenters. The minimum atomic E-state index is -1.27. The number of aliphatic hydroxyl groups is 1. The Hall–Kier alpha value is -2.62. The van der Waals surface area contributed by atoms with Gasteiger partial charge in [0.05, 0.1) is 7.11 Å². The van der Waals surface area contributed by atoms with E-state index in [9.17, 15) is 5.11 Å². The third-order valence-corrected chi connectivity index (χ3v) is 5.62. The molecule has 1 N–H and O–H groups in total. The smallest absolute Gasteiger partial charge is 0.141 e. The van der Waals surface area contributed by atoms with Crippen LogP contribution in [0.5, 0.6) is 5.75 Å². The van der Waals surface area contributed by atoms with Gasteiger partial charge in [0.1, 0.15) is 11.4 Å². The zero-order valence-electron chi connectivity index (χ0n) is 17.3. The Morgan fingerprint density at radius 1 is 0.857 bits per heavy atom. The monoisotopic (exact) mass is 375 g/mol. The van der Waals surface area contributed by atoms with Gasteiger partial charge in [-0.3, -0.25) is 0 Å². The molecular weight excluding hydrogens is 346 g/mol. The normalized spacial score (nSPS) is 14.5. The Balaban J connectivity index is 2.31. The minimum Gasteiger partial charge on any atom is -0.497 e. The Labute approximate surface area is 168 Å². The van der Waals surface area contributed by atoms with Crippen LogP contribution in [0.15, 0.2) is 72.8 Å². The average Bonchev–Trinajstić information content (AvgIpc) is 2.73. The number of rotatable bonds is 6. The standard InChI is InChI=1S/C25H29NO2/c1-18-10-6-8-12-23(18)25(27,20-14-16-21(28-5)17-15-20)24-13-9-7-11-22(24)19(2)26(3)4/h6-17,19,27H,1-5H3/t19-,25?/m0/s1. The van der Waals surface area contributed by atoms with E-state index in [1.165, 1.54) is 0 Å². The summed E-state index contributed by atoms with van der Waals surface area (Å²) in [5, 5.41) is 12.3. The SMILES string of the molecule is COc1ccc(C(O)(c2ccccc2C)c2ccccc2[C@H](C)N(C)C)cc1. The second kappa shape index (κ2) is 8.17. The fraction of sp³-hybridized carbons (Fsp3) is 0.280. The van der Waals surface area contributed by atoms with Gasteiger partial charge in [-0.05, 0) is 67.9 Å². The summed E-state index contributed by atoms with van der Waals surface area (Å²) in [6.07, 6.45) is 0. The van der Waals surface area contributed by atoms with Crippen molar-refractivity contribution in [3.05, 3.63) is 101 Å². The molecule has 0 aromatic heterocycles. The molecule has 3 rings (SSSR count). The summed E-state index contributed by atoms with van der Waals surface area (Å²) in [6.45, 7) is 4.20. The molecule has 0 aliphatic heterocycles. The molecule has 0 aliphatic carbocycles. The lowest BCUT2D eigenvalue weighted by Crippen LogP contribution is -2.32. The number of methoxy groups -OCH3 is 1. The molecular formula is C25H29NO2. The molecule has 0 spiro atoms. The van der Waals surface area contributed by atoms with Crippen LogP contribution in [-0.4, -0.2) is 31.2 Å². The van der Waals surface area contributed by atoms with Gasteiger partial charge >= 0.3 is 0 Å². The number of aryl methyl sites for hydroxylation is 1. The molecule has 3 nitrogen and oxygen atoms in total. The number of nitrogens with zero attached hydrogens (tertiary/aromatic N) is 1. The largest absolute Gasteiger partial charge is 0.497 e. The lowest BCUT2D eigenvalue weighted by Gasteiger charge is -2.35. The minimum absolute atomic E-state index is 0.157. The van der Waals surface area contributed by atoms with Crippen LogP contribution in [0.1, 0.15) is 40.8 Å². The van der Waals surface area contributed by atoms with Crippen LogP contribution in [-0.2, 0) is 5.60 Å². The van der Waals surface area contributed by atoms with Crippen LogP contribution >= 0.6 is 0 Å². The maximum atomic E-state index is 12.3. The molecule has 0 amide bonds. The van der Waals surface area contributed by atoms with Crippen LogP contribution in [0.4, 0.5) is 0 Å². The highest BCUT2D eigenvalue weighted by atomic mass is 16.5. The Morgan fingerprint density at radius 3 is 2.00 bits per heavy atom. The first-order chi connectivity index (χ1) is 13.4. The highest BCUT2D eigenvalue weighted by molar-refractivity contribution is 5.53. The van der Waals surface area contributed by atoms with Gasteiger partial charge in [0.2, 0.25) is 0 Å². The summed E-state index contributed by atoms with van der Waals surface area (Å²) < 4.78 is 5.32. The molecule has 3 aromatic carbocycles. The van der Waals surface area contributed by atoms with Crippen molar-refractivity contribution >= 4 is 0 Å². The second-order valence-electron chi connectivity index (χ2n) is 7.48. The first kappa shape index (κ1) is 20.1. The van der Waals surface area contributed by atoms with Crippen LogP contribution in [0, 0.1) is 6.92 Å². The maximum absolute atomic E-state index is 12.3. The first-order valence-electron chi connectivity index (χ1n) is 9.58. The molecule has 0 saturated heterocycles. The van der Waals surface area contributed by atoms with Crippen molar-refractivity contribution in [3.63, 3.8) is 0 Å². The molecule has 0 fully saturated rings. The van der Waals surface area contributed by atoms with E-state index in [4.69, 9.17) is 4.74 Å². The third-order valence-electron chi connectivity index (χ3n) is 5.62. The Kier molecular flexibility index (Phi) is 5.87. The van der Waals surface area contributed by atoms with Crippen LogP contribution < -0.4 is 4.74 Å². The van der Waals surface area contributed by atoms with Crippen LogP contribution in [0.3, 0.4) is 0 Å². The topological polar surface area (TPSA) is 32.7 Å². The zero-order chi connectivity index (χ0) is 20.3. The fourth-order valence-corrected chi connectivity index (χ4v) is 3.74. The molecule has 0 bridgehead atoms. The molecule has 2 atom stereocenters. The zero-order valence-corrected chi connectivity index (χ0v) is 17.3. The van der Waals surface area contributed by atoms with Crippen molar-refractivity contribution in [2.45, 2.75) is 25.5 Å². The summed E-state index contributed by atoms with van der Waals surface area (Å²) in [6, 6.07) is 24.1. The van der Waals surface area contributed by atoms with E-state index in [1.54, 1.807) is 7.11 Å². The molecule has 3 aromatic rings. The van der Waals surface area contributed by atoms with E-state index in [1.807, 2.05) is 73.7 Å². The van der Waals surface area contributed by atoms with Crippen molar-refractivity contribution in [3.8, 4) is 5.75 Å². The van der Waals surface area contributed by atoms with Gasteiger partial charge < -0.3 is 14.7 Å². The van der Waals surface area contributed by atoms with Gasteiger partial charge in [-0.15, -0.1) is 0 Å². The summed E-state index contributed by atoms with van der Waals surface area (Å²) in [5.41, 5.74) is 3.50. The summed E-state index contributed by atoms with van der Waals surface area (Å²) in [4.78, 5) is 2.16. The number of hydrogen-bond donors (Lipinski definition) is 1. The quantitative estimate of drug-likeness (QED) is 0.621. The third kappa shape index (κ3) is 3.56. The van der Waals surface area contributed by atoms with Crippen molar-refractivity contribution in [2.75, 3.05) is 21.2 Å². The molecule has 0 heterocycles. The predicted molar refractivity (Wildman–Crippen MR) is 115 cm³/mol. The van der Waals surface area contributed by atoms with Gasteiger partial charge in [0.25, 0.3) is 0 Å². The first-order valence-corrected chi connectivity index (χ1v) is 9.58. The predicted octanol–water partition coefficient (Wildman–Crippen LogP) is 4.91. The maximum Gasteiger partial charge on any atom is 0.141 e. The summed E-state index contributed by atoms with van der Waals surface area (Å²) >= 11 is 0. The summed E-state index contributed by atoms with van der Waals surface area (Å²) in [7, 11) is 5.76. The van der Waals surface area contributed by atoms with Gasteiger partial charge in [0.15, 0.2) is 0 Å². The number of hydrogen-bond acceptors (Lipinski definition) is 3. The van der Waals surface area contributed by atoms with Gasteiger partial charge in [-0.25, -0.2) is 0 Å². The van der Waals surface area contributed by atoms with Crippen molar-refractivity contribution < 1.29 is 9.84 Å². The molecule has 0 aliphatic rings. The van der Waals surface area contributed by atoms with Crippen molar-refractivity contribution in [1.29, 1.82) is 0 Å². The molecule has 28 heavy (non-hydrogen) atoms. The second-order valence-corrected chi connectivity index (χ2v) is 7.48. The van der Waals surface area contributed by atoms with E-state index >= 15 is 0 Å². The molecule has 146 valence electrons. The Bertz CT molecular complexity index is 933. The van der Waals surface area contributed by atoms with Crippen LogP contribution in [0.2, 0.25) is 0 Å². The fourth-order valence-electron chi connectivity index (χ4n) is 3.74. The average molecular weight is 376 g/mol. The van der Waals surface area contributed by atoms with E-state index < -0.39 is 5.60 Å². The van der Waals surface area contributed by atoms with E-state index in [2.05, 4.69) is 32.0 Å². The molecule has 0 radical (unpaired) electrons. The van der Waals surface area contributed by atoms with Crippen molar-refractivity contribution in [2.24, 2.45) is 0 Å². The summed E-state index contributed by atoms with van der Waals surface area (Å²) in [5.74, 6) is 0.769.